The zero-order valence-corrected chi connectivity index (χ0v) is 11.9. The summed E-state index contributed by atoms with van der Waals surface area (Å²) in [6, 6.07) is 1.21. The zero-order valence-electron chi connectivity index (χ0n) is 10.3. The summed E-state index contributed by atoms with van der Waals surface area (Å²) >= 11 is 0. The molecule has 1 aliphatic rings. The van der Waals surface area contributed by atoms with Gasteiger partial charge >= 0.3 is 5.97 Å². The molecule has 0 aliphatic carbocycles. The summed E-state index contributed by atoms with van der Waals surface area (Å²) in [5.41, 5.74) is 0.158. The van der Waals surface area contributed by atoms with Crippen LogP contribution in [0.3, 0.4) is 0 Å². The molecule has 1 fully saturated rings. The van der Waals surface area contributed by atoms with E-state index in [0.717, 1.165) is 0 Å². The lowest BCUT2D eigenvalue weighted by Crippen LogP contribution is -2.26. The van der Waals surface area contributed by atoms with E-state index in [1.165, 1.54) is 16.8 Å². The van der Waals surface area contributed by atoms with Crippen LogP contribution in [0.1, 0.15) is 23.3 Å². The molecule has 6 nitrogen and oxygen atoms in total. The molecule has 2 heterocycles. The number of ether oxygens (including phenoxy) is 2. The van der Waals surface area contributed by atoms with Crippen LogP contribution in [-0.4, -0.2) is 38.3 Å². The molecular weight excluding hydrogens is 294 g/mol. The largest absolute Gasteiger partial charge is 0.458 e. The van der Waals surface area contributed by atoms with Gasteiger partial charge in [-0.3, -0.25) is 0 Å². The van der Waals surface area contributed by atoms with Crippen LogP contribution < -0.4 is 0 Å². The van der Waals surface area contributed by atoms with Crippen LogP contribution in [0.5, 0.6) is 0 Å². The summed E-state index contributed by atoms with van der Waals surface area (Å²) < 4.78 is 34.2. The van der Waals surface area contributed by atoms with E-state index in [1.54, 1.807) is 7.05 Å². The third-order valence-electron chi connectivity index (χ3n) is 2.91. The highest BCUT2D eigenvalue weighted by Gasteiger charge is 2.23. The van der Waals surface area contributed by atoms with E-state index in [1.807, 2.05) is 0 Å². The molecule has 0 atom stereocenters. The summed E-state index contributed by atoms with van der Waals surface area (Å²) in [5.74, 6) is -0.555. The number of carbonyl (C=O) groups is 1. The van der Waals surface area contributed by atoms with E-state index in [2.05, 4.69) is 0 Å². The fourth-order valence-corrected chi connectivity index (χ4v) is 2.67. The van der Waals surface area contributed by atoms with Crippen LogP contribution in [0.15, 0.2) is 17.2 Å². The first-order chi connectivity index (χ1) is 8.88. The van der Waals surface area contributed by atoms with Gasteiger partial charge in [0.2, 0.25) is 0 Å². The van der Waals surface area contributed by atoms with Crippen LogP contribution >= 0.6 is 10.7 Å². The minimum atomic E-state index is -3.85. The van der Waals surface area contributed by atoms with E-state index in [0.29, 0.717) is 26.1 Å². The monoisotopic (exact) mass is 307 g/mol. The molecule has 0 aromatic carbocycles. The Kier molecular flexibility index (Phi) is 4.17. The van der Waals surface area contributed by atoms with E-state index in [-0.39, 0.29) is 16.7 Å². The van der Waals surface area contributed by atoms with Crippen molar-refractivity contribution in [3.63, 3.8) is 0 Å². The molecule has 1 aromatic rings. The first kappa shape index (κ1) is 14.4. The van der Waals surface area contributed by atoms with Gasteiger partial charge in [0.05, 0.1) is 13.2 Å². The molecule has 2 rings (SSSR count). The summed E-state index contributed by atoms with van der Waals surface area (Å²) in [4.78, 5) is 11.8. The molecule has 0 N–H and O–H groups in total. The average molecular weight is 308 g/mol. The van der Waals surface area contributed by atoms with Crippen LogP contribution in [0.25, 0.3) is 0 Å². The number of halogens is 1. The highest BCUT2D eigenvalue weighted by Crippen LogP contribution is 2.20. The molecule has 0 spiro atoms. The highest BCUT2D eigenvalue weighted by molar-refractivity contribution is 8.13. The van der Waals surface area contributed by atoms with Crippen LogP contribution in [0, 0.1) is 0 Å². The molecule has 0 saturated carbocycles. The van der Waals surface area contributed by atoms with Crippen LogP contribution in [0.4, 0.5) is 0 Å². The number of carbonyl (C=O) groups excluding carboxylic acids is 1. The first-order valence-electron chi connectivity index (χ1n) is 5.77. The summed E-state index contributed by atoms with van der Waals surface area (Å²) in [7, 11) is 2.94. The molecule has 1 aromatic heterocycles. The Hall–Kier alpha value is -1.05. The molecule has 106 valence electrons. The lowest BCUT2D eigenvalue weighted by Gasteiger charge is -2.22. The first-order valence-corrected chi connectivity index (χ1v) is 8.08. The fraction of sp³-hybridized carbons (Fsp3) is 0.545. The number of esters is 1. The Balaban J connectivity index is 2.12. The van der Waals surface area contributed by atoms with Gasteiger partial charge in [0, 0.05) is 36.8 Å². The number of hydrogen-bond acceptors (Lipinski definition) is 5. The topological polar surface area (TPSA) is 74.6 Å². The number of aryl methyl sites for hydroxylation is 1. The van der Waals surface area contributed by atoms with Crippen LogP contribution in [-0.2, 0) is 25.6 Å². The van der Waals surface area contributed by atoms with Crippen molar-refractivity contribution in [3.8, 4) is 0 Å². The van der Waals surface area contributed by atoms with Gasteiger partial charge in [-0.2, -0.15) is 0 Å². The van der Waals surface area contributed by atoms with Crippen molar-refractivity contribution in [3.05, 3.63) is 18.0 Å². The van der Waals surface area contributed by atoms with E-state index < -0.39 is 15.0 Å². The third kappa shape index (κ3) is 3.49. The molecule has 0 radical (unpaired) electrons. The van der Waals surface area contributed by atoms with Gasteiger partial charge < -0.3 is 14.0 Å². The maximum atomic E-state index is 12.0. The standard InChI is InChI=1S/C11H14ClNO5S/c1-13-7-9(19(12,15)16)6-10(13)11(14)18-8-2-4-17-5-3-8/h6-8H,2-5H2,1H3. The minimum absolute atomic E-state index is 0.115. The SMILES string of the molecule is Cn1cc(S(=O)(=O)Cl)cc1C(=O)OC1CCOCC1. The van der Waals surface area contributed by atoms with Crippen molar-refractivity contribution < 1.29 is 22.7 Å². The van der Waals surface area contributed by atoms with Gasteiger partial charge in [-0.1, -0.05) is 0 Å². The lowest BCUT2D eigenvalue weighted by molar-refractivity contribution is -0.0165. The molecule has 1 aliphatic heterocycles. The van der Waals surface area contributed by atoms with Crippen molar-refractivity contribution in [2.24, 2.45) is 7.05 Å². The average Bonchev–Trinajstić information content (AvgIpc) is 2.72. The lowest BCUT2D eigenvalue weighted by atomic mass is 10.1. The Morgan fingerprint density at radius 1 is 1.47 bits per heavy atom. The Labute approximate surface area is 115 Å². The number of nitrogens with zero attached hydrogens (tertiary/aromatic N) is 1. The fourth-order valence-electron chi connectivity index (χ4n) is 1.88. The van der Waals surface area contributed by atoms with Crippen LogP contribution in [0.2, 0.25) is 0 Å². The highest BCUT2D eigenvalue weighted by atomic mass is 35.7. The molecule has 1 saturated heterocycles. The molecule has 0 amide bonds. The van der Waals surface area contributed by atoms with Gasteiger partial charge in [-0.25, -0.2) is 13.2 Å². The summed E-state index contributed by atoms with van der Waals surface area (Å²) in [6.07, 6.45) is 2.39. The molecule has 0 bridgehead atoms. The third-order valence-corrected chi connectivity index (χ3v) is 4.23. The van der Waals surface area contributed by atoms with E-state index in [9.17, 15) is 13.2 Å². The zero-order chi connectivity index (χ0) is 14.0. The van der Waals surface area contributed by atoms with Crippen molar-refractivity contribution in [2.75, 3.05) is 13.2 Å². The van der Waals surface area contributed by atoms with Crippen molar-refractivity contribution in [2.45, 2.75) is 23.8 Å². The molecule has 8 heteroatoms. The normalized spacial score (nSPS) is 17.4. The Bertz CT molecular complexity index is 574. The predicted octanol–water partition coefficient (Wildman–Crippen LogP) is 1.29. The predicted molar refractivity (Wildman–Crippen MR) is 67.7 cm³/mol. The molecular formula is C11H14ClNO5S. The maximum absolute atomic E-state index is 12.0. The van der Waals surface area contributed by atoms with Gasteiger partial charge in [0.1, 0.15) is 16.7 Å². The second-order valence-electron chi connectivity index (χ2n) is 4.33. The Morgan fingerprint density at radius 3 is 2.63 bits per heavy atom. The van der Waals surface area contributed by atoms with Gasteiger partial charge in [0.15, 0.2) is 0 Å². The second kappa shape index (κ2) is 5.52. The molecule has 19 heavy (non-hydrogen) atoms. The number of rotatable bonds is 3. The number of aromatic nitrogens is 1. The summed E-state index contributed by atoms with van der Waals surface area (Å²) in [5, 5.41) is 0. The van der Waals surface area contributed by atoms with Crippen molar-refractivity contribution in [1.29, 1.82) is 0 Å². The molecule has 0 unspecified atom stereocenters. The van der Waals surface area contributed by atoms with Crippen molar-refractivity contribution in [1.82, 2.24) is 4.57 Å². The van der Waals surface area contributed by atoms with E-state index >= 15 is 0 Å². The Morgan fingerprint density at radius 2 is 2.11 bits per heavy atom. The maximum Gasteiger partial charge on any atom is 0.355 e. The van der Waals surface area contributed by atoms with Crippen molar-refractivity contribution >= 4 is 25.7 Å². The van der Waals surface area contributed by atoms with E-state index in [4.69, 9.17) is 20.2 Å². The van der Waals surface area contributed by atoms with Gasteiger partial charge in [-0.05, 0) is 6.07 Å². The quantitative estimate of drug-likeness (QED) is 0.621. The number of hydrogen-bond donors (Lipinski definition) is 0. The summed E-state index contributed by atoms with van der Waals surface area (Å²) in [6.45, 7) is 1.12. The van der Waals surface area contributed by atoms with Gasteiger partial charge in [0.25, 0.3) is 9.05 Å². The minimum Gasteiger partial charge on any atom is -0.458 e. The smallest absolute Gasteiger partial charge is 0.355 e. The second-order valence-corrected chi connectivity index (χ2v) is 6.89. The van der Waals surface area contributed by atoms with Gasteiger partial charge in [-0.15, -0.1) is 0 Å².